The highest BCUT2D eigenvalue weighted by molar-refractivity contribution is 5.71. The minimum Gasteiger partial charge on any atom is -0.481 e. The van der Waals surface area contributed by atoms with Crippen molar-refractivity contribution < 1.29 is 23.1 Å². The Labute approximate surface area is 121 Å². The van der Waals surface area contributed by atoms with Gasteiger partial charge in [-0.3, -0.25) is 4.79 Å². The van der Waals surface area contributed by atoms with E-state index >= 15 is 0 Å². The van der Waals surface area contributed by atoms with Gasteiger partial charge < -0.3 is 10.4 Å². The molecule has 116 valence electrons. The molecule has 2 N–H and O–H groups in total. The summed E-state index contributed by atoms with van der Waals surface area (Å²) in [7, 11) is 0. The van der Waals surface area contributed by atoms with Gasteiger partial charge in [0.2, 0.25) is 0 Å². The molecule has 0 radical (unpaired) electrons. The predicted molar refractivity (Wildman–Crippen MR) is 71.7 cm³/mol. The van der Waals surface area contributed by atoms with Gasteiger partial charge in [-0.25, -0.2) is 0 Å². The second kappa shape index (κ2) is 6.47. The van der Waals surface area contributed by atoms with Crippen molar-refractivity contribution >= 4 is 5.97 Å². The Morgan fingerprint density at radius 3 is 2.67 bits per heavy atom. The molecular weight excluding hydrogens is 283 g/mol. The molecule has 0 aromatic heterocycles. The van der Waals surface area contributed by atoms with Gasteiger partial charge in [0, 0.05) is 12.6 Å². The first-order chi connectivity index (χ1) is 9.88. The van der Waals surface area contributed by atoms with E-state index in [0.29, 0.717) is 12.0 Å². The molecular formula is C15H18F3NO2. The number of benzene rings is 1. The zero-order chi connectivity index (χ0) is 15.5. The van der Waals surface area contributed by atoms with E-state index in [9.17, 15) is 18.0 Å². The summed E-state index contributed by atoms with van der Waals surface area (Å²) >= 11 is 0. The van der Waals surface area contributed by atoms with Gasteiger partial charge in [0.15, 0.2) is 0 Å². The summed E-state index contributed by atoms with van der Waals surface area (Å²) in [6.45, 7) is 0.248. The molecule has 1 aliphatic carbocycles. The van der Waals surface area contributed by atoms with E-state index < -0.39 is 23.6 Å². The molecule has 2 atom stereocenters. The molecule has 3 nitrogen and oxygen atoms in total. The molecule has 1 saturated carbocycles. The molecule has 0 amide bonds. The average molecular weight is 301 g/mol. The second-order valence-corrected chi connectivity index (χ2v) is 5.41. The van der Waals surface area contributed by atoms with Gasteiger partial charge in [0.1, 0.15) is 0 Å². The maximum atomic E-state index is 12.6. The number of alkyl halides is 3. The second-order valence-electron chi connectivity index (χ2n) is 5.41. The van der Waals surface area contributed by atoms with Crippen molar-refractivity contribution in [2.24, 2.45) is 5.92 Å². The van der Waals surface area contributed by atoms with E-state index in [-0.39, 0.29) is 12.6 Å². The van der Waals surface area contributed by atoms with Crippen molar-refractivity contribution in [2.45, 2.75) is 44.4 Å². The van der Waals surface area contributed by atoms with Crippen LogP contribution in [0, 0.1) is 5.92 Å². The highest BCUT2D eigenvalue weighted by atomic mass is 19.4. The zero-order valence-corrected chi connectivity index (χ0v) is 11.5. The summed E-state index contributed by atoms with van der Waals surface area (Å²) in [5.41, 5.74) is -0.167. The summed E-state index contributed by atoms with van der Waals surface area (Å²) in [4.78, 5) is 11.2. The Bertz CT molecular complexity index is 502. The summed E-state index contributed by atoms with van der Waals surface area (Å²) in [6, 6.07) is 4.94. The Balaban J connectivity index is 2.00. The first kappa shape index (κ1) is 15.8. The number of rotatable bonds is 4. The molecule has 6 heteroatoms. The molecule has 0 spiro atoms. The number of hydrogen-bond acceptors (Lipinski definition) is 2. The predicted octanol–water partition coefficient (Wildman–Crippen LogP) is 3.44. The minimum absolute atomic E-state index is 0.175. The SMILES string of the molecule is O=C(O)[C@H]1CCCC[C@H]1NCc1cccc(C(F)(F)F)c1. The lowest BCUT2D eigenvalue weighted by molar-refractivity contribution is -0.143. The van der Waals surface area contributed by atoms with Crippen LogP contribution in [0.3, 0.4) is 0 Å². The lowest BCUT2D eigenvalue weighted by atomic mass is 9.84. The number of aliphatic carboxylic acids is 1. The van der Waals surface area contributed by atoms with E-state index in [1.165, 1.54) is 6.07 Å². The van der Waals surface area contributed by atoms with Crippen LogP contribution in [0.4, 0.5) is 13.2 Å². The van der Waals surface area contributed by atoms with E-state index in [0.717, 1.165) is 31.4 Å². The van der Waals surface area contributed by atoms with Gasteiger partial charge in [-0.05, 0) is 24.5 Å². The fourth-order valence-electron chi connectivity index (χ4n) is 2.78. The number of carbonyl (C=O) groups is 1. The molecule has 0 unspecified atom stereocenters. The highest BCUT2D eigenvalue weighted by Gasteiger charge is 2.31. The van der Waals surface area contributed by atoms with Crippen LogP contribution in [0.5, 0.6) is 0 Å². The maximum Gasteiger partial charge on any atom is 0.416 e. The summed E-state index contributed by atoms with van der Waals surface area (Å²) in [6.07, 6.45) is -1.15. The van der Waals surface area contributed by atoms with Crippen LogP contribution in [0.2, 0.25) is 0 Å². The van der Waals surface area contributed by atoms with Gasteiger partial charge in [-0.1, -0.05) is 31.0 Å². The lowest BCUT2D eigenvalue weighted by Crippen LogP contribution is -2.41. The normalized spacial score (nSPS) is 23.0. The fraction of sp³-hybridized carbons (Fsp3) is 0.533. The number of carboxylic acid groups (broad SMARTS) is 1. The number of carboxylic acids is 1. The fourth-order valence-corrected chi connectivity index (χ4v) is 2.78. The number of nitrogens with one attached hydrogen (secondary N) is 1. The van der Waals surface area contributed by atoms with Crippen molar-refractivity contribution in [3.05, 3.63) is 35.4 Å². The molecule has 0 heterocycles. The quantitative estimate of drug-likeness (QED) is 0.895. The standard InChI is InChI=1S/C15H18F3NO2/c16-15(17,18)11-5-3-4-10(8-11)9-19-13-7-2-1-6-12(13)14(20)21/h3-5,8,12-13,19H,1-2,6-7,9H2,(H,20,21)/t12-,13+/m0/s1. The average Bonchev–Trinajstić information content (AvgIpc) is 2.45. The van der Waals surface area contributed by atoms with Gasteiger partial charge in [-0.2, -0.15) is 13.2 Å². The van der Waals surface area contributed by atoms with Crippen LogP contribution in [-0.4, -0.2) is 17.1 Å². The molecule has 0 bridgehead atoms. The smallest absolute Gasteiger partial charge is 0.416 e. The van der Waals surface area contributed by atoms with Gasteiger partial charge in [0.25, 0.3) is 0 Å². The van der Waals surface area contributed by atoms with Crippen LogP contribution < -0.4 is 5.32 Å². The van der Waals surface area contributed by atoms with Gasteiger partial charge in [-0.15, -0.1) is 0 Å². The highest BCUT2D eigenvalue weighted by Crippen LogP contribution is 2.30. The molecule has 1 fully saturated rings. The molecule has 1 aliphatic rings. The molecule has 2 rings (SSSR count). The molecule has 0 aliphatic heterocycles. The summed E-state index contributed by atoms with van der Waals surface area (Å²) in [5, 5.41) is 12.3. The van der Waals surface area contributed by atoms with Gasteiger partial charge >= 0.3 is 12.1 Å². The number of halogens is 3. The van der Waals surface area contributed by atoms with E-state index in [4.69, 9.17) is 5.11 Å². The van der Waals surface area contributed by atoms with Crippen LogP contribution in [0.25, 0.3) is 0 Å². The Morgan fingerprint density at radius 2 is 2.00 bits per heavy atom. The lowest BCUT2D eigenvalue weighted by Gasteiger charge is -2.29. The largest absolute Gasteiger partial charge is 0.481 e. The third-order valence-corrected chi connectivity index (χ3v) is 3.91. The van der Waals surface area contributed by atoms with Crippen LogP contribution in [-0.2, 0) is 17.5 Å². The van der Waals surface area contributed by atoms with Crippen molar-refractivity contribution in [1.82, 2.24) is 5.32 Å². The van der Waals surface area contributed by atoms with Crippen LogP contribution >= 0.6 is 0 Å². The topological polar surface area (TPSA) is 49.3 Å². The van der Waals surface area contributed by atoms with Crippen molar-refractivity contribution in [1.29, 1.82) is 0 Å². The van der Waals surface area contributed by atoms with E-state index in [1.54, 1.807) is 6.07 Å². The van der Waals surface area contributed by atoms with E-state index in [1.807, 2.05) is 0 Å². The maximum absolute atomic E-state index is 12.6. The summed E-state index contributed by atoms with van der Waals surface area (Å²) in [5.74, 6) is -1.29. The number of hydrogen-bond donors (Lipinski definition) is 2. The Morgan fingerprint density at radius 1 is 1.29 bits per heavy atom. The third-order valence-electron chi connectivity index (χ3n) is 3.91. The van der Waals surface area contributed by atoms with Gasteiger partial charge in [0.05, 0.1) is 11.5 Å². The third kappa shape index (κ3) is 4.20. The first-order valence-corrected chi connectivity index (χ1v) is 7.00. The Kier molecular flexibility index (Phi) is 4.88. The Hall–Kier alpha value is -1.56. The summed E-state index contributed by atoms with van der Waals surface area (Å²) < 4.78 is 37.9. The minimum atomic E-state index is -4.36. The molecule has 0 saturated heterocycles. The van der Waals surface area contributed by atoms with Crippen molar-refractivity contribution in [3.63, 3.8) is 0 Å². The zero-order valence-electron chi connectivity index (χ0n) is 11.5. The van der Waals surface area contributed by atoms with Crippen molar-refractivity contribution in [2.75, 3.05) is 0 Å². The molecule has 1 aromatic rings. The molecule has 21 heavy (non-hydrogen) atoms. The molecule has 1 aromatic carbocycles. The van der Waals surface area contributed by atoms with Crippen molar-refractivity contribution in [3.8, 4) is 0 Å². The first-order valence-electron chi connectivity index (χ1n) is 7.00. The van der Waals surface area contributed by atoms with Crippen LogP contribution in [0.1, 0.15) is 36.8 Å². The monoisotopic (exact) mass is 301 g/mol. The van der Waals surface area contributed by atoms with E-state index in [2.05, 4.69) is 5.32 Å². The van der Waals surface area contributed by atoms with Crippen LogP contribution in [0.15, 0.2) is 24.3 Å².